The molecule has 3 rings (SSSR count). The van der Waals surface area contributed by atoms with Crippen molar-refractivity contribution in [3.05, 3.63) is 35.4 Å². The molecule has 0 saturated carbocycles. The minimum atomic E-state index is -0.583. The van der Waals surface area contributed by atoms with Crippen molar-refractivity contribution in [3.63, 3.8) is 0 Å². The van der Waals surface area contributed by atoms with E-state index in [4.69, 9.17) is 0 Å². The Bertz CT molecular complexity index is 509. The lowest BCUT2D eigenvalue weighted by Gasteiger charge is -2.35. The van der Waals surface area contributed by atoms with Crippen LogP contribution in [0.25, 0.3) is 0 Å². The van der Waals surface area contributed by atoms with Gasteiger partial charge in [-0.2, -0.15) is 0 Å². The summed E-state index contributed by atoms with van der Waals surface area (Å²) in [6, 6.07) is 8.04. The lowest BCUT2D eigenvalue weighted by Crippen LogP contribution is -2.39. The number of nitrogens with one attached hydrogen (secondary N) is 1. The van der Waals surface area contributed by atoms with Crippen molar-refractivity contribution in [2.45, 2.75) is 37.5 Å². The molecule has 88 valence electrons. The topological polar surface area (TPSA) is 46.2 Å². The summed E-state index contributed by atoms with van der Waals surface area (Å²) in [5.74, 6) is 0.224. The maximum Gasteiger partial charge on any atom is 0.237 e. The van der Waals surface area contributed by atoms with E-state index in [9.17, 15) is 9.59 Å². The Kier molecular flexibility index (Phi) is 2.12. The SMILES string of the molecule is CC1CCC2(CC(=O)NC2=O)c2ccccc21. The van der Waals surface area contributed by atoms with Gasteiger partial charge in [-0.3, -0.25) is 14.9 Å². The van der Waals surface area contributed by atoms with E-state index in [1.165, 1.54) is 5.56 Å². The number of fused-ring (bicyclic) bond motifs is 2. The molecule has 1 aliphatic heterocycles. The molecule has 0 bridgehead atoms. The molecule has 1 spiro atoms. The van der Waals surface area contributed by atoms with Gasteiger partial charge in [0.05, 0.1) is 5.41 Å². The van der Waals surface area contributed by atoms with E-state index >= 15 is 0 Å². The number of carbonyl (C=O) groups excluding carboxylic acids is 2. The van der Waals surface area contributed by atoms with Crippen molar-refractivity contribution < 1.29 is 9.59 Å². The summed E-state index contributed by atoms with van der Waals surface area (Å²) in [6.45, 7) is 2.18. The number of hydrogen-bond acceptors (Lipinski definition) is 2. The monoisotopic (exact) mass is 229 g/mol. The van der Waals surface area contributed by atoms with Gasteiger partial charge in [-0.1, -0.05) is 31.2 Å². The number of benzene rings is 1. The van der Waals surface area contributed by atoms with Gasteiger partial charge in [0.15, 0.2) is 0 Å². The molecule has 2 aliphatic rings. The van der Waals surface area contributed by atoms with Crippen LogP contribution in [0.1, 0.15) is 43.2 Å². The van der Waals surface area contributed by atoms with Crippen LogP contribution in [0.5, 0.6) is 0 Å². The normalized spacial score (nSPS) is 31.5. The van der Waals surface area contributed by atoms with Crippen LogP contribution in [0.2, 0.25) is 0 Å². The summed E-state index contributed by atoms with van der Waals surface area (Å²) in [7, 11) is 0. The van der Waals surface area contributed by atoms with Gasteiger partial charge < -0.3 is 0 Å². The zero-order valence-corrected chi connectivity index (χ0v) is 9.82. The predicted octanol–water partition coefficient (Wildman–Crippen LogP) is 1.87. The maximum atomic E-state index is 12.1. The van der Waals surface area contributed by atoms with Crippen LogP contribution in [0.4, 0.5) is 0 Å². The molecule has 3 heteroatoms. The molecule has 17 heavy (non-hydrogen) atoms. The zero-order valence-electron chi connectivity index (χ0n) is 9.82. The van der Waals surface area contributed by atoms with Crippen LogP contribution in [0, 0.1) is 0 Å². The molecule has 2 atom stereocenters. The van der Waals surface area contributed by atoms with Gasteiger partial charge in [-0.25, -0.2) is 0 Å². The van der Waals surface area contributed by atoms with E-state index in [0.717, 1.165) is 18.4 Å². The molecule has 1 aromatic rings. The summed E-state index contributed by atoms with van der Waals surface area (Å²) in [5.41, 5.74) is 1.70. The van der Waals surface area contributed by atoms with Crippen LogP contribution in [-0.4, -0.2) is 11.8 Å². The highest BCUT2D eigenvalue weighted by Gasteiger charge is 2.50. The van der Waals surface area contributed by atoms with E-state index in [-0.39, 0.29) is 11.8 Å². The van der Waals surface area contributed by atoms with Crippen LogP contribution >= 0.6 is 0 Å². The molecule has 1 aliphatic carbocycles. The van der Waals surface area contributed by atoms with Gasteiger partial charge in [0.2, 0.25) is 11.8 Å². The van der Waals surface area contributed by atoms with E-state index in [2.05, 4.69) is 18.3 Å². The van der Waals surface area contributed by atoms with E-state index in [0.29, 0.717) is 12.3 Å². The zero-order chi connectivity index (χ0) is 12.0. The molecule has 0 radical (unpaired) electrons. The molecule has 1 N–H and O–H groups in total. The molecule has 1 heterocycles. The van der Waals surface area contributed by atoms with Crippen molar-refractivity contribution in [1.82, 2.24) is 5.32 Å². The quantitative estimate of drug-likeness (QED) is 0.690. The second-order valence-corrected chi connectivity index (χ2v) is 5.16. The third-order valence-corrected chi connectivity index (χ3v) is 4.16. The third-order valence-electron chi connectivity index (χ3n) is 4.16. The average molecular weight is 229 g/mol. The predicted molar refractivity (Wildman–Crippen MR) is 63.5 cm³/mol. The van der Waals surface area contributed by atoms with Crippen LogP contribution in [0.3, 0.4) is 0 Å². The van der Waals surface area contributed by atoms with E-state index in [1.54, 1.807) is 0 Å². The fraction of sp³-hybridized carbons (Fsp3) is 0.429. The lowest BCUT2D eigenvalue weighted by molar-refractivity contribution is -0.126. The first-order valence-corrected chi connectivity index (χ1v) is 6.07. The van der Waals surface area contributed by atoms with Gasteiger partial charge in [0, 0.05) is 6.42 Å². The first-order valence-electron chi connectivity index (χ1n) is 6.07. The first kappa shape index (κ1) is 10.5. The summed E-state index contributed by atoms with van der Waals surface area (Å²) in [6.07, 6.45) is 2.07. The molecule has 2 amide bonds. The van der Waals surface area contributed by atoms with Crippen LogP contribution in [0.15, 0.2) is 24.3 Å². The molecular formula is C14H15NO2. The van der Waals surface area contributed by atoms with Crippen molar-refractivity contribution in [3.8, 4) is 0 Å². The third kappa shape index (κ3) is 1.35. The molecule has 0 aromatic heterocycles. The highest BCUT2D eigenvalue weighted by molar-refractivity contribution is 6.09. The number of rotatable bonds is 0. The largest absolute Gasteiger partial charge is 0.296 e. The van der Waals surface area contributed by atoms with Gasteiger partial charge in [0.1, 0.15) is 0 Å². The molecule has 1 fully saturated rings. The first-order chi connectivity index (χ1) is 8.13. The van der Waals surface area contributed by atoms with Crippen molar-refractivity contribution in [1.29, 1.82) is 0 Å². The Morgan fingerprint density at radius 1 is 1.29 bits per heavy atom. The highest BCUT2D eigenvalue weighted by Crippen LogP contribution is 2.46. The summed E-state index contributed by atoms with van der Waals surface area (Å²) < 4.78 is 0. The van der Waals surface area contributed by atoms with Gasteiger partial charge in [-0.05, 0) is 29.9 Å². The lowest BCUT2D eigenvalue weighted by atomic mass is 9.66. The standard InChI is InChI=1S/C14H15NO2/c1-9-6-7-14(8-12(16)15-13(14)17)11-5-3-2-4-10(9)11/h2-5,9H,6-8H2,1H3,(H,15,16,17). The van der Waals surface area contributed by atoms with Crippen molar-refractivity contribution in [2.75, 3.05) is 0 Å². The van der Waals surface area contributed by atoms with Crippen LogP contribution < -0.4 is 5.32 Å². The Hall–Kier alpha value is -1.64. The van der Waals surface area contributed by atoms with Crippen molar-refractivity contribution >= 4 is 11.8 Å². The van der Waals surface area contributed by atoms with Gasteiger partial charge in [0.25, 0.3) is 0 Å². The summed E-state index contributed by atoms with van der Waals surface area (Å²) in [5, 5.41) is 2.46. The minimum absolute atomic E-state index is 0.109. The number of amides is 2. The highest BCUT2D eigenvalue weighted by atomic mass is 16.2. The molecule has 3 nitrogen and oxygen atoms in total. The summed E-state index contributed by atoms with van der Waals surface area (Å²) >= 11 is 0. The molecule has 1 saturated heterocycles. The Labute approximate surface area is 100 Å². The van der Waals surface area contributed by atoms with Crippen LogP contribution in [-0.2, 0) is 15.0 Å². The molecule has 1 aromatic carbocycles. The average Bonchev–Trinajstić information content (AvgIpc) is 2.61. The van der Waals surface area contributed by atoms with Gasteiger partial charge >= 0.3 is 0 Å². The Morgan fingerprint density at radius 2 is 2.06 bits per heavy atom. The van der Waals surface area contributed by atoms with E-state index < -0.39 is 5.41 Å². The fourth-order valence-electron chi connectivity index (χ4n) is 3.18. The Morgan fingerprint density at radius 3 is 2.76 bits per heavy atom. The van der Waals surface area contributed by atoms with Gasteiger partial charge in [-0.15, -0.1) is 0 Å². The summed E-state index contributed by atoms with van der Waals surface area (Å²) in [4.78, 5) is 23.6. The second kappa shape index (κ2) is 3.42. The molecular weight excluding hydrogens is 214 g/mol. The smallest absolute Gasteiger partial charge is 0.237 e. The number of hydrogen-bond donors (Lipinski definition) is 1. The van der Waals surface area contributed by atoms with E-state index in [1.807, 2.05) is 18.2 Å². The maximum absolute atomic E-state index is 12.1. The second-order valence-electron chi connectivity index (χ2n) is 5.16. The number of carbonyl (C=O) groups is 2. The Balaban J connectivity index is 2.18. The minimum Gasteiger partial charge on any atom is -0.296 e. The van der Waals surface area contributed by atoms with Crippen molar-refractivity contribution in [2.24, 2.45) is 0 Å². The molecule has 2 unspecified atom stereocenters. The number of imide groups is 1. The fourth-order valence-corrected chi connectivity index (χ4v) is 3.18.